The van der Waals surface area contributed by atoms with Gasteiger partial charge in [0.25, 0.3) is 0 Å². The van der Waals surface area contributed by atoms with Crippen molar-refractivity contribution < 1.29 is 22.0 Å². The van der Waals surface area contributed by atoms with Crippen molar-refractivity contribution in [3.05, 3.63) is 70.8 Å². The molecule has 1 aliphatic heterocycles. The van der Waals surface area contributed by atoms with Crippen LogP contribution in [0.1, 0.15) is 48.8 Å². The third kappa shape index (κ3) is 8.62. The highest BCUT2D eigenvalue weighted by atomic mass is 35.5. The molecule has 1 saturated carbocycles. The summed E-state index contributed by atoms with van der Waals surface area (Å²) in [6, 6.07) is 8.84. The average Bonchev–Trinajstić information content (AvgIpc) is 3.03. The predicted molar refractivity (Wildman–Crippen MR) is 145 cm³/mol. The van der Waals surface area contributed by atoms with E-state index in [1.807, 2.05) is 12.1 Å². The molecule has 2 aliphatic rings. The van der Waals surface area contributed by atoms with Gasteiger partial charge < -0.3 is 10.2 Å². The second kappa shape index (κ2) is 13.0. The van der Waals surface area contributed by atoms with Crippen molar-refractivity contribution in [1.29, 1.82) is 0 Å². The maximum Gasteiger partial charge on any atom is 0.244 e. The number of hydrogen-bond donors (Lipinski definition) is 1. The Hall–Kier alpha value is -2.29. The fourth-order valence-electron chi connectivity index (χ4n) is 5.26. The third-order valence-electron chi connectivity index (χ3n) is 7.36. The van der Waals surface area contributed by atoms with Gasteiger partial charge in [-0.25, -0.2) is 17.2 Å². The third-order valence-corrected chi connectivity index (χ3v) is 8.47. The van der Waals surface area contributed by atoms with Gasteiger partial charge in [0, 0.05) is 37.5 Å². The van der Waals surface area contributed by atoms with E-state index in [-0.39, 0.29) is 24.4 Å². The summed E-state index contributed by atoms with van der Waals surface area (Å²) in [5.41, 5.74) is 2.71. The lowest BCUT2D eigenvalue weighted by Gasteiger charge is -2.30. The van der Waals surface area contributed by atoms with Gasteiger partial charge in [0.15, 0.2) is 9.84 Å². The molecule has 1 aliphatic carbocycles. The summed E-state index contributed by atoms with van der Waals surface area (Å²) >= 11 is 0. The van der Waals surface area contributed by atoms with E-state index >= 15 is 0 Å². The first-order valence-corrected chi connectivity index (χ1v) is 14.5. The van der Waals surface area contributed by atoms with Crippen LogP contribution in [0, 0.1) is 17.6 Å². The molecular formula is C28H35ClF2N2O3S. The minimum Gasteiger partial charge on any atom is -0.350 e. The maximum absolute atomic E-state index is 13.3. The van der Waals surface area contributed by atoms with Gasteiger partial charge in [0.05, 0.1) is 4.90 Å². The van der Waals surface area contributed by atoms with Gasteiger partial charge in [-0.2, -0.15) is 0 Å². The van der Waals surface area contributed by atoms with Crippen molar-refractivity contribution in [3.8, 4) is 0 Å². The summed E-state index contributed by atoms with van der Waals surface area (Å²) in [6.45, 7) is 2.95. The molecule has 0 radical (unpaired) electrons. The number of nitrogens with zero attached hydrogens (tertiary/aromatic N) is 1. The molecule has 202 valence electrons. The lowest BCUT2D eigenvalue weighted by Crippen LogP contribution is -2.37. The Balaban J connectivity index is 0.00000380. The zero-order valence-electron chi connectivity index (χ0n) is 21.1. The van der Waals surface area contributed by atoms with Gasteiger partial charge in [-0.05, 0) is 104 Å². The molecule has 37 heavy (non-hydrogen) atoms. The summed E-state index contributed by atoms with van der Waals surface area (Å²) in [5.74, 6) is -0.948. The summed E-state index contributed by atoms with van der Waals surface area (Å²) in [7, 11) is -3.19. The van der Waals surface area contributed by atoms with Crippen molar-refractivity contribution in [2.24, 2.45) is 5.92 Å². The quantitative estimate of drug-likeness (QED) is 0.493. The molecule has 0 saturated heterocycles. The van der Waals surface area contributed by atoms with Crippen molar-refractivity contribution in [3.63, 3.8) is 0 Å². The molecule has 4 rings (SSSR count). The second-order valence-corrected chi connectivity index (χ2v) is 12.1. The number of hydrogen-bond acceptors (Lipinski definition) is 4. The molecule has 9 heteroatoms. The van der Waals surface area contributed by atoms with Crippen LogP contribution >= 0.6 is 12.4 Å². The molecule has 0 aromatic heterocycles. The molecular weight excluding hydrogens is 518 g/mol. The van der Waals surface area contributed by atoms with Crippen LogP contribution in [0.25, 0.3) is 6.08 Å². The molecule has 0 unspecified atom stereocenters. The van der Waals surface area contributed by atoms with Crippen molar-refractivity contribution in [2.75, 3.05) is 25.9 Å². The van der Waals surface area contributed by atoms with E-state index in [1.54, 1.807) is 6.07 Å². The molecule has 0 bridgehead atoms. The Morgan fingerprint density at radius 1 is 1.00 bits per heavy atom. The van der Waals surface area contributed by atoms with Crippen LogP contribution in [0.5, 0.6) is 0 Å². The highest BCUT2D eigenvalue weighted by molar-refractivity contribution is 7.90. The number of sulfone groups is 1. The highest BCUT2D eigenvalue weighted by Gasteiger charge is 2.23. The minimum absolute atomic E-state index is 0. The Bertz CT molecular complexity index is 1210. The molecule has 0 atom stereocenters. The average molecular weight is 553 g/mol. The Morgan fingerprint density at radius 2 is 1.65 bits per heavy atom. The van der Waals surface area contributed by atoms with Crippen LogP contribution in [0.15, 0.2) is 47.4 Å². The summed E-state index contributed by atoms with van der Waals surface area (Å²) in [5, 5.41) is 3.01. The summed E-state index contributed by atoms with van der Waals surface area (Å²) in [4.78, 5) is 15.1. The molecule has 2 aromatic rings. The van der Waals surface area contributed by atoms with Gasteiger partial charge in [-0.1, -0.05) is 6.07 Å². The van der Waals surface area contributed by atoms with Crippen LogP contribution < -0.4 is 5.32 Å². The van der Waals surface area contributed by atoms with Crippen molar-refractivity contribution >= 4 is 34.2 Å². The van der Waals surface area contributed by atoms with Crippen LogP contribution in [-0.2, 0) is 27.5 Å². The summed E-state index contributed by atoms with van der Waals surface area (Å²) < 4.78 is 50.3. The van der Waals surface area contributed by atoms with E-state index in [9.17, 15) is 22.0 Å². The van der Waals surface area contributed by atoms with Crippen LogP contribution in [-0.4, -0.2) is 51.2 Å². The highest BCUT2D eigenvalue weighted by Crippen LogP contribution is 2.28. The second-order valence-electron chi connectivity index (χ2n) is 10.1. The minimum atomic E-state index is -3.19. The number of amides is 1. The molecule has 0 spiro atoms. The topological polar surface area (TPSA) is 66.5 Å². The first kappa shape index (κ1) is 29.3. The van der Waals surface area contributed by atoms with Gasteiger partial charge in [0.2, 0.25) is 5.91 Å². The molecule has 1 N–H and O–H groups in total. The molecule has 1 heterocycles. The standard InChI is InChI=1S/C28H34F2N2O3S.ClH/c1-36(34,35)27-8-5-22-11-14-32(15-12-23(22)18-27)13-10-20-2-6-26(7-3-20)31-28(33)9-4-21-16-24(29)19-25(30)17-21;/h4-5,8-9,16-20,26H,2-3,6-7,10-15H2,1H3,(H,31,33);1H/b9-4+;. The SMILES string of the molecule is CS(=O)(=O)c1ccc2c(c1)CCN(CCC1CCC(NC(=O)/C=C/c3cc(F)cc(F)c3)CC1)CC2.Cl. The molecule has 2 aromatic carbocycles. The number of halogens is 3. The summed E-state index contributed by atoms with van der Waals surface area (Å²) in [6.07, 6.45) is 10.9. The lowest BCUT2D eigenvalue weighted by molar-refractivity contribution is -0.117. The molecule has 5 nitrogen and oxygen atoms in total. The number of carbonyl (C=O) groups excluding carboxylic acids is 1. The number of nitrogens with one attached hydrogen (secondary N) is 1. The zero-order chi connectivity index (χ0) is 25.7. The van der Waals surface area contributed by atoms with Crippen LogP contribution in [0.2, 0.25) is 0 Å². The normalized spacial score (nSPS) is 20.6. The van der Waals surface area contributed by atoms with E-state index < -0.39 is 21.5 Å². The zero-order valence-corrected chi connectivity index (χ0v) is 22.7. The Morgan fingerprint density at radius 3 is 2.30 bits per heavy atom. The van der Waals surface area contributed by atoms with Gasteiger partial charge >= 0.3 is 0 Å². The number of rotatable bonds is 7. The number of fused-ring (bicyclic) bond motifs is 1. The van der Waals surface area contributed by atoms with E-state index in [0.717, 1.165) is 76.2 Å². The fourth-order valence-corrected chi connectivity index (χ4v) is 5.93. The van der Waals surface area contributed by atoms with E-state index in [0.29, 0.717) is 16.4 Å². The monoisotopic (exact) mass is 552 g/mol. The van der Waals surface area contributed by atoms with Crippen molar-refractivity contribution in [2.45, 2.75) is 55.9 Å². The fraction of sp³-hybridized carbons (Fsp3) is 0.464. The number of carbonyl (C=O) groups is 1. The largest absolute Gasteiger partial charge is 0.350 e. The van der Waals surface area contributed by atoms with E-state index in [4.69, 9.17) is 0 Å². The van der Waals surface area contributed by atoms with E-state index in [2.05, 4.69) is 10.2 Å². The first-order chi connectivity index (χ1) is 17.2. The maximum atomic E-state index is 13.3. The molecule has 1 amide bonds. The van der Waals surface area contributed by atoms with Gasteiger partial charge in [-0.3, -0.25) is 4.79 Å². The van der Waals surface area contributed by atoms with Gasteiger partial charge in [0.1, 0.15) is 11.6 Å². The molecule has 1 fully saturated rings. The Kier molecular flexibility index (Phi) is 10.3. The van der Waals surface area contributed by atoms with Crippen molar-refractivity contribution in [1.82, 2.24) is 10.2 Å². The van der Waals surface area contributed by atoms with Crippen LogP contribution in [0.4, 0.5) is 8.78 Å². The van der Waals surface area contributed by atoms with Crippen LogP contribution in [0.3, 0.4) is 0 Å². The number of benzene rings is 2. The smallest absolute Gasteiger partial charge is 0.244 e. The van der Waals surface area contributed by atoms with E-state index in [1.165, 1.54) is 36.1 Å². The Labute approximate surface area is 224 Å². The first-order valence-electron chi connectivity index (χ1n) is 12.6. The van der Waals surface area contributed by atoms with Gasteiger partial charge in [-0.15, -0.1) is 12.4 Å². The lowest BCUT2D eigenvalue weighted by atomic mass is 9.84. The predicted octanol–water partition coefficient (Wildman–Crippen LogP) is 4.97.